The normalized spacial score (nSPS) is 19.4. The first-order valence-electron chi connectivity index (χ1n) is 9.13. The molecule has 2 atom stereocenters. The minimum atomic E-state index is -5.68. The molecule has 2 heterocycles. The number of fused-ring (bicyclic) bond motifs is 3. The Kier molecular flexibility index (Phi) is 4.80. The Morgan fingerprint density at radius 3 is 2.37 bits per heavy atom. The number of nitrogens with one attached hydrogen (secondary N) is 1. The van der Waals surface area contributed by atoms with Gasteiger partial charge < -0.3 is 9.88 Å². The Labute approximate surface area is 173 Å². The van der Waals surface area contributed by atoms with E-state index >= 15 is 0 Å². The second kappa shape index (κ2) is 6.97. The van der Waals surface area contributed by atoms with E-state index in [1.807, 2.05) is 0 Å². The molecular formula is C21H16ClF5N2O. The first-order chi connectivity index (χ1) is 14.0. The molecule has 2 unspecified atom stereocenters. The van der Waals surface area contributed by atoms with Crippen LogP contribution in [-0.2, 0) is 0 Å². The highest BCUT2D eigenvalue weighted by atomic mass is 35.5. The van der Waals surface area contributed by atoms with Crippen LogP contribution >= 0.6 is 11.6 Å². The molecule has 0 spiro atoms. The van der Waals surface area contributed by atoms with Crippen molar-refractivity contribution in [2.24, 2.45) is 0 Å². The van der Waals surface area contributed by atoms with Gasteiger partial charge in [-0.15, -0.1) is 0 Å². The van der Waals surface area contributed by atoms with Crippen LogP contribution in [0.1, 0.15) is 30.0 Å². The van der Waals surface area contributed by atoms with Crippen LogP contribution in [0.3, 0.4) is 0 Å². The van der Waals surface area contributed by atoms with E-state index in [1.54, 1.807) is 37.3 Å². The number of alkyl halides is 5. The van der Waals surface area contributed by atoms with Gasteiger partial charge in [0, 0.05) is 23.1 Å². The molecule has 158 valence electrons. The van der Waals surface area contributed by atoms with E-state index in [0.717, 1.165) is 4.90 Å². The number of nitrogens with zero attached hydrogens (tertiary/aromatic N) is 1. The minimum Gasteiger partial charge on any atom is -0.357 e. The maximum atomic E-state index is 14.1. The van der Waals surface area contributed by atoms with Gasteiger partial charge in [-0.1, -0.05) is 48.9 Å². The Morgan fingerprint density at radius 1 is 1.07 bits per heavy atom. The predicted octanol–water partition coefficient (Wildman–Crippen LogP) is 6.04. The number of H-pyrrole nitrogens is 1. The van der Waals surface area contributed by atoms with Gasteiger partial charge in [0.05, 0.1) is 23.1 Å². The molecule has 0 amide bonds. The standard InChI is InChI=1S/C21H16ClF5N2O/c1-11-17-15(8-7-14-18(17)13(22)9-16(30)28-14)29(10-20(23,24)21(25,26)27)19(11)12-5-3-2-4-6-12/h2-9,11,19H,10H2,1H3,(H,28,30). The van der Waals surface area contributed by atoms with Crippen molar-refractivity contribution in [1.82, 2.24) is 4.98 Å². The number of halogens is 6. The van der Waals surface area contributed by atoms with Crippen LogP contribution in [0.15, 0.2) is 53.3 Å². The van der Waals surface area contributed by atoms with E-state index in [9.17, 15) is 26.7 Å². The second-order valence-corrected chi connectivity index (χ2v) is 7.78. The molecule has 0 bridgehead atoms. The SMILES string of the molecule is CC1c2c(ccc3[nH]c(=O)cc(Cl)c23)N(CC(F)(F)C(F)(F)F)C1c1ccccc1. The fourth-order valence-corrected chi connectivity index (χ4v) is 4.52. The summed E-state index contributed by atoms with van der Waals surface area (Å²) in [6, 6.07) is 11.9. The number of pyridine rings is 1. The van der Waals surface area contributed by atoms with Gasteiger partial charge in [0.1, 0.15) is 0 Å². The third kappa shape index (κ3) is 3.23. The van der Waals surface area contributed by atoms with Crippen molar-refractivity contribution < 1.29 is 22.0 Å². The van der Waals surface area contributed by atoms with Gasteiger partial charge in [0.25, 0.3) is 0 Å². The topological polar surface area (TPSA) is 36.1 Å². The molecule has 4 rings (SSSR count). The Balaban J connectivity index is 1.95. The van der Waals surface area contributed by atoms with E-state index in [0.29, 0.717) is 22.0 Å². The number of hydrogen-bond acceptors (Lipinski definition) is 2. The molecule has 1 aliphatic rings. The van der Waals surface area contributed by atoms with Crippen molar-refractivity contribution in [3.63, 3.8) is 0 Å². The minimum absolute atomic E-state index is 0.119. The first-order valence-corrected chi connectivity index (χ1v) is 9.50. The summed E-state index contributed by atoms with van der Waals surface area (Å²) >= 11 is 6.29. The molecule has 0 saturated carbocycles. The molecule has 1 aliphatic heterocycles. The van der Waals surface area contributed by atoms with Crippen molar-refractivity contribution in [3.8, 4) is 0 Å². The lowest BCUT2D eigenvalue weighted by molar-refractivity contribution is -0.277. The number of aromatic amines is 1. The van der Waals surface area contributed by atoms with Gasteiger partial charge >= 0.3 is 12.1 Å². The van der Waals surface area contributed by atoms with Crippen LogP contribution in [-0.4, -0.2) is 23.6 Å². The smallest absolute Gasteiger partial charge is 0.357 e. The van der Waals surface area contributed by atoms with E-state index in [4.69, 9.17) is 11.6 Å². The van der Waals surface area contributed by atoms with Crippen molar-refractivity contribution in [2.45, 2.75) is 31.0 Å². The van der Waals surface area contributed by atoms with E-state index in [2.05, 4.69) is 4.98 Å². The van der Waals surface area contributed by atoms with Crippen LogP contribution in [0.2, 0.25) is 5.02 Å². The number of rotatable bonds is 3. The average molecular weight is 443 g/mol. The number of hydrogen-bond donors (Lipinski definition) is 1. The lowest BCUT2D eigenvalue weighted by Crippen LogP contribution is -2.47. The zero-order valence-corrected chi connectivity index (χ0v) is 16.4. The average Bonchev–Trinajstić information content (AvgIpc) is 2.92. The molecule has 9 heteroatoms. The monoisotopic (exact) mass is 442 g/mol. The number of anilines is 1. The third-order valence-corrected chi connectivity index (χ3v) is 5.77. The summed E-state index contributed by atoms with van der Waals surface area (Å²) in [5.74, 6) is -5.37. The molecule has 3 nitrogen and oxygen atoms in total. The van der Waals surface area contributed by atoms with E-state index in [1.165, 1.54) is 18.2 Å². The van der Waals surface area contributed by atoms with Gasteiger partial charge in [-0.05, 0) is 23.3 Å². The summed E-state index contributed by atoms with van der Waals surface area (Å²) in [6.07, 6.45) is -5.68. The lowest BCUT2D eigenvalue weighted by atomic mass is 9.90. The maximum absolute atomic E-state index is 14.1. The largest absolute Gasteiger partial charge is 0.455 e. The summed E-state index contributed by atoms with van der Waals surface area (Å²) in [4.78, 5) is 15.5. The van der Waals surface area contributed by atoms with Gasteiger partial charge in [-0.3, -0.25) is 4.79 Å². The molecule has 0 saturated heterocycles. The summed E-state index contributed by atoms with van der Waals surface area (Å²) in [6.45, 7) is 0.225. The van der Waals surface area contributed by atoms with Crippen molar-refractivity contribution in [1.29, 1.82) is 0 Å². The van der Waals surface area contributed by atoms with Gasteiger partial charge in [-0.2, -0.15) is 22.0 Å². The fraction of sp³-hybridized carbons (Fsp3) is 0.286. The molecule has 0 radical (unpaired) electrons. The quantitative estimate of drug-likeness (QED) is 0.502. The van der Waals surface area contributed by atoms with E-state index in [-0.39, 0.29) is 10.7 Å². The number of aromatic nitrogens is 1. The van der Waals surface area contributed by atoms with Crippen LogP contribution in [0, 0.1) is 0 Å². The highest BCUT2D eigenvalue weighted by Gasteiger charge is 2.59. The zero-order valence-electron chi connectivity index (χ0n) is 15.6. The Hall–Kier alpha value is -2.61. The molecule has 0 aliphatic carbocycles. The lowest BCUT2D eigenvalue weighted by Gasteiger charge is -2.33. The molecule has 30 heavy (non-hydrogen) atoms. The third-order valence-electron chi connectivity index (χ3n) is 5.48. The highest BCUT2D eigenvalue weighted by molar-refractivity contribution is 6.35. The van der Waals surface area contributed by atoms with Crippen LogP contribution in [0.5, 0.6) is 0 Å². The first kappa shape index (κ1) is 20.7. The van der Waals surface area contributed by atoms with Crippen LogP contribution in [0.25, 0.3) is 10.9 Å². The summed E-state index contributed by atoms with van der Waals surface area (Å²) in [5, 5.41) is 0.564. The highest BCUT2D eigenvalue weighted by Crippen LogP contribution is 2.53. The predicted molar refractivity (Wildman–Crippen MR) is 106 cm³/mol. The molecule has 0 fully saturated rings. The molecule has 1 aromatic heterocycles. The van der Waals surface area contributed by atoms with Gasteiger partial charge in [0.15, 0.2) is 0 Å². The summed E-state index contributed by atoms with van der Waals surface area (Å²) in [7, 11) is 0. The Bertz CT molecular complexity index is 1160. The zero-order chi connectivity index (χ0) is 21.8. The van der Waals surface area contributed by atoms with E-state index < -0.39 is 36.2 Å². The van der Waals surface area contributed by atoms with Gasteiger partial charge in [-0.25, -0.2) is 0 Å². The van der Waals surface area contributed by atoms with Crippen molar-refractivity contribution in [3.05, 3.63) is 75.0 Å². The van der Waals surface area contributed by atoms with Crippen LogP contribution in [0.4, 0.5) is 27.6 Å². The fourth-order valence-electron chi connectivity index (χ4n) is 4.22. The molecule has 3 aromatic rings. The second-order valence-electron chi connectivity index (χ2n) is 7.38. The molecular weight excluding hydrogens is 427 g/mol. The molecule has 1 N–H and O–H groups in total. The molecule has 2 aromatic carbocycles. The van der Waals surface area contributed by atoms with Crippen molar-refractivity contribution >= 4 is 28.2 Å². The summed E-state index contributed by atoms with van der Waals surface area (Å²) in [5.41, 5.74) is 1.34. The Morgan fingerprint density at radius 2 is 1.73 bits per heavy atom. The number of benzene rings is 2. The maximum Gasteiger partial charge on any atom is 0.455 e. The van der Waals surface area contributed by atoms with Crippen LogP contribution < -0.4 is 10.5 Å². The van der Waals surface area contributed by atoms with Gasteiger partial charge in [0.2, 0.25) is 5.56 Å². The summed E-state index contributed by atoms with van der Waals surface area (Å²) < 4.78 is 67.2. The van der Waals surface area contributed by atoms with Crippen molar-refractivity contribution in [2.75, 3.05) is 11.4 Å².